The van der Waals surface area contributed by atoms with E-state index in [0.717, 1.165) is 38.2 Å². The summed E-state index contributed by atoms with van der Waals surface area (Å²) in [6, 6.07) is 3.77. The second-order valence-electron chi connectivity index (χ2n) is 5.36. The first-order chi connectivity index (χ1) is 10.6. The largest absolute Gasteiger partial charge is 0.377 e. The van der Waals surface area contributed by atoms with E-state index in [1.165, 1.54) is 12.1 Å². The Bertz CT molecular complexity index is 700. The lowest BCUT2D eigenvalue weighted by Gasteiger charge is -2.24. The fraction of sp³-hybridized carbons (Fsp3) is 0.538. The van der Waals surface area contributed by atoms with Gasteiger partial charge in [-0.3, -0.25) is 10.1 Å². The van der Waals surface area contributed by atoms with Gasteiger partial charge in [-0.25, -0.2) is 8.42 Å². The van der Waals surface area contributed by atoms with E-state index in [4.69, 9.17) is 23.2 Å². The van der Waals surface area contributed by atoms with Crippen molar-refractivity contribution in [3.8, 4) is 0 Å². The maximum Gasteiger partial charge on any atom is 0.293 e. The van der Waals surface area contributed by atoms with Crippen LogP contribution in [0.15, 0.2) is 23.1 Å². The van der Waals surface area contributed by atoms with E-state index < -0.39 is 17.3 Å². The average molecular weight is 446 g/mol. The molecule has 1 N–H and O–H groups in total. The van der Waals surface area contributed by atoms with Crippen molar-refractivity contribution < 1.29 is 13.3 Å². The Kier molecular flexibility index (Phi) is 5.81. The third-order valence-corrected chi connectivity index (χ3v) is 7.73. The Morgan fingerprint density at radius 3 is 2.39 bits per heavy atom. The molecule has 1 aromatic rings. The number of nitro groups is 1. The smallest absolute Gasteiger partial charge is 0.293 e. The summed E-state index contributed by atoms with van der Waals surface area (Å²) in [4.78, 5) is 10.3. The summed E-state index contributed by atoms with van der Waals surface area (Å²) in [6.07, 6.45) is 5.18. The van der Waals surface area contributed by atoms with Crippen LogP contribution in [0.1, 0.15) is 32.1 Å². The first-order valence-electron chi connectivity index (χ1n) is 6.99. The lowest BCUT2D eigenvalue weighted by atomic mass is 9.95. The van der Waals surface area contributed by atoms with Gasteiger partial charge in [0.25, 0.3) is 8.26 Å². The summed E-state index contributed by atoms with van der Waals surface area (Å²) in [6.45, 7) is 0. The molecule has 1 aliphatic rings. The molecular formula is C13H15BrCl2N2O4S. The summed E-state index contributed by atoms with van der Waals surface area (Å²) in [7, 11) is -4.17. The van der Waals surface area contributed by atoms with Crippen molar-refractivity contribution in [2.45, 2.75) is 45.6 Å². The molecule has 0 bridgehead atoms. The average Bonchev–Trinajstić information content (AvgIpc) is 2.47. The first kappa shape index (κ1) is 18.8. The molecule has 0 aliphatic heterocycles. The normalized spacial score (nSPS) is 17.0. The molecule has 0 atom stereocenters. The summed E-state index contributed by atoms with van der Waals surface area (Å²) in [5, 5.41) is 14.4. The molecule has 23 heavy (non-hydrogen) atoms. The summed E-state index contributed by atoms with van der Waals surface area (Å²) in [5.74, 6) is 0. The highest BCUT2D eigenvalue weighted by atomic mass is 79.9. The zero-order valence-electron chi connectivity index (χ0n) is 12.0. The zero-order chi connectivity index (χ0) is 17.3. The zero-order valence-corrected chi connectivity index (χ0v) is 15.9. The van der Waals surface area contributed by atoms with Crippen molar-refractivity contribution in [3.63, 3.8) is 0 Å². The second-order valence-corrected chi connectivity index (χ2v) is 11.9. The molecule has 0 aromatic heterocycles. The van der Waals surface area contributed by atoms with Gasteiger partial charge >= 0.3 is 0 Å². The Morgan fingerprint density at radius 1 is 1.26 bits per heavy atom. The van der Waals surface area contributed by atoms with Crippen LogP contribution >= 0.6 is 39.1 Å². The number of anilines is 1. The molecule has 0 radical (unpaired) electrons. The molecule has 0 amide bonds. The van der Waals surface area contributed by atoms with Gasteiger partial charge in [-0.15, -0.1) is 0 Å². The van der Waals surface area contributed by atoms with Gasteiger partial charge in [0.15, 0.2) is 0 Å². The molecule has 10 heteroatoms. The predicted molar refractivity (Wildman–Crippen MR) is 94.1 cm³/mol. The molecule has 128 valence electrons. The highest BCUT2D eigenvalue weighted by Crippen LogP contribution is 2.41. The summed E-state index contributed by atoms with van der Waals surface area (Å²) >= 11 is 13.8. The fourth-order valence-corrected chi connectivity index (χ4v) is 4.43. The molecule has 0 saturated heterocycles. The van der Waals surface area contributed by atoms with Crippen LogP contribution in [0, 0.1) is 10.1 Å². The number of hydrogen-bond acceptors (Lipinski definition) is 5. The Hall–Kier alpha value is -0.570. The number of nitrogens with one attached hydrogen (secondary N) is 1. The van der Waals surface area contributed by atoms with E-state index in [1.54, 1.807) is 0 Å². The number of nitrogens with zero attached hydrogens (tertiary/aromatic N) is 1. The molecule has 2 rings (SSSR count). The lowest BCUT2D eigenvalue weighted by Crippen LogP contribution is -2.23. The third-order valence-electron chi connectivity index (χ3n) is 3.75. The van der Waals surface area contributed by atoms with Crippen molar-refractivity contribution in [1.82, 2.24) is 0 Å². The minimum absolute atomic E-state index is 0.154. The van der Waals surface area contributed by atoms with Crippen molar-refractivity contribution in [2.24, 2.45) is 0 Å². The van der Waals surface area contributed by atoms with Crippen LogP contribution in [0.4, 0.5) is 11.4 Å². The van der Waals surface area contributed by atoms with Crippen LogP contribution in [0.25, 0.3) is 0 Å². The van der Waals surface area contributed by atoms with Gasteiger partial charge in [0.1, 0.15) is 5.69 Å². The van der Waals surface area contributed by atoms with Gasteiger partial charge in [0.05, 0.1) is 9.82 Å². The topological polar surface area (TPSA) is 89.3 Å². The molecule has 1 saturated carbocycles. The van der Waals surface area contributed by atoms with Gasteiger partial charge in [-0.05, 0) is 40.9 Å². The van der Waals surface area contributed by atoms with Crippen molar-refractivity contribution in [1.29, 1.82) is 0 Å². The van der Waals surface area contributed by atoms with Crippen LogP contribution in [0.3, 0.4) is 0 Å². The predicted octanol–water partition coefficient (Wildman–Crippen LogP) is 4.60. The van der Waals surface area contributed by atoms with Gasteiger partial charge in [0, 0.05) is 12.1 Å². The molecule has 0 heterocycles. The SMILES string of the molecule is O=[N+]([O-])c1cc(S(=O)(=O)C(Cl)(Cl)Br)ccc1NC1CCCCC1. The van der Waals surface area contributed by atoms with E-state index in [-0.39, 0.29) is 16.6 Å². The van der Waals surface area contributed by atoms with E-state index in [2.05, 4.69) is 21.2 Å². The van der Waals surface area contributed by atoms with Crippen LogP contribution < -0.4 is 5.32 Å². The highest BCUT2D eigenvalue weighted by Gasteiger charge is 2.39. The van der Waals surface area contributed by atoms with Gasteiger partial charge in [-0.2, -0.15) is 0 Å². The Morgan fingerprint density at radius 2 is 1.87 bits per heavy atom. The number of halogens is 3. The quantitative estimate of drug-likeness (QED) is 0.406. The van der Waals surface area contributed by atoms with E-state index in [1.807, 2.05) is 0 Å². The maximum absolute atomic E-state index is 12.2. The van der Waals surface area contributed by atoms with Crippen molar-refractivity contribution in [2.75, 3.05) is 5.32 Å². The molecule has 6 nitrogen and oxygen atoms in total. The van der Waals surface area contributed by atoms with Crippen LogP contribution in [0.2, 0.25) is 0 Å². The number of hydrogen-bond donors (Lipinski definition) is 1. The molecular weight excluding hydrogens is 431 g/mol. The standard InChI is InChI=1S/C13H15BrCl2N2O4S/c14-13(15,16)23(21,22)10-6-7-11(12(8-10)18(19)20)17-9-4-2-1-3-5-9/h6-9,17H,1-5H2. The fourth-order valence-electron chi connectivity index (χ4n) is 2.55. The van der Waals surface area contributed by atoms with Crippen LogP contribution in [-0.2, 0) is 9.84 Å². The van der Waals surface area contributed by atoms with Crippen molar-refractivity contribution >= 4 is 60.3 Å². The van der Waals surface area contributed by atoms with Gasteiger partial charge in [-0.1, -0.05) is 42.5 Å². The minimum Gasteiger partial charge on any atom is -0.377 e. The number of sulfone groups is 1. The Labute approximate surface area is 152 Å². The molecule has 1 fully saturated rings. The molecule has 1 aliphatic carbocycles. The van der Waals surface area contributed by atoms with Crippen molar-refractivity contribution in [3.05, 3.63) is 28.3 Å². The summed E-state index contributed by atoms with van der Waals surface area (Å²) < 4.78 is 22.1. The maximum atomic E-state index is 12.2. The molecule has 0 spiro atoms. The molecule has 1 aromatic carbocycles. The summed E-state index contributed by atoms with van der Waals surface area (Å²) in [5.41, 5.74) is -0.0214. The number of rotatable bonds is 5. The van der Waals surface area contributed by atoms with E-state index in [0.29, 0.717) is 5.69 Å². The van der Waals surface area contributed by atoms with E-state index >= 15 is 0 Å². The van der Waals surface area contributed by atoms with Gasteiger partial charge in [0.2, 0.25) is 9.84 Å². The lowest BCUT2D eigenvalue weighted by molar-refractivity contribution is -0.384. The van der Waals surface area contributed by atoms with Crippen LogP contribution in [0.5, 0.6) is 0 Å². The third kappa shape index (κ3) is 4.29. The second kappa shape index (κ2) is 7.13. The number of nitro benzene ring substituents is 1. The minimum atomic E-state index is -4.17. The number of alkyl halides is 3. The van der Waals surface area contributed by atoms with Crippen LogP contribution in [-0.4, -0.2) is 22.0 Å². The van der Waals surface area contributed by atoms with Gasteiger partial charge < -0.3 is 5.32 Å². The first-order valence-corrected chi connectivity index (χ1v) is 10.0. The highest BCUT2D eigenvalue weighted by molar-refractivity contribution is 9.12. The molecule has 0 unspecified atom stereocenters. The monoisotopic (exact) mass is 444 g/mol. The number of benzene rings is 1. The van der Waals surface area contributed by atoms with E-state index in [9.17, 15) is 18.5 Å². The Balaban J connectivity index is 2.37.